The van der Waals surface area contributed by atoms with Gasteiger partial charge in [-0.05, 0) is 79.9 Å². The van der Waals surface area contributed by atoms with Crippen molar-refractivity contribution in [3.63, 3.8) is 0 Å². The Hall–Kier alpha value is -7.62. The number of benzene rings is 7. The molecule has 7 aromatic carbocycles. The zero-order chi connectivity index (χ0) is 39.1. The van der Waals surface area contributed by atoms with Gasteiger partial charge in [0, 0.05) is 57.3 Å². The summed E-state index contributed by atoms with van der Waals surface area (Å²) in [5.74, 6) is 12.3. The number of terminal acetylenes is 4. The summed E-state index contributed by atoms with van der Waals surface area (Å²) in [5.41, 5.74) is 19.0. The van der Waals surface area contributed by atoms with Crippen molar-refractivity contribution in [3.8, 4) is 93.9 Å². The number of hydrogen-bond acceptors (Lipinski definition) is 0. The highest BCUT2D eigenvalue weighted by molar-refractivity contribution is 6.32. The molecule has 2 unspecified atom stereocenters. The summed E-state index contributed by atoms with van der Waals surface area (Å²) in [6.07, 6.45) is 25.9. The summed E-state index contributed by atoms with van der Waals surface area (Å²) in [4.78, 5) is 0. The number of para-hydroxylation sites is 2. The first kappa shape index (κ1) is 33.7. The Morgan fingerprint density at radius 3 is 1.24 bits per heavy atom. The minimum Gasteiger partial charge on any atom is -0.328 e. The molecule has 2 heterocycles. The summed E-state index contributed by atoms with van der Waals surface area (Å²) in [7, 11) is 0. The first-order valence-electron chi connectivity index (χ1n) is 19.9. The van der Waals surface area contributed by atoms with Crippen LogP contribution in [0.25, 0.3) is 88.1 Å². The Labute approximate surface area is 338 Å². The van der Waals surface area contributed by atoms with Gasteiger partial charge in [0.1, 0.15) is 0 Å². The van der Waals surface area contributed by atoms with E-state index in [0.717, 1.165) is 65.9 Å². The van der Waals surface area contributed by atoms with Crippen molar-refractivity contribution < 1.29 is 0 Å². The Balaban J connectivity index is 1.33. The molecule has 2 aliphatic rings. The van der Waals surface area contributed by atoms with Crippen molar-refractivity contribution in [1.82, 2.24) is 9.13 Å². The van der Waals surface area contributed by atoms with Gasteiger partial charge in [-0.2, -0.15) is 0 Å². The van der Waals surface area contributed by atoms with Crippen LogP contribution in [-0.2, 0) is 13.1 Å². The van der Waals surface area contributed by atoms with E-state index >= 15 is 0 Å². The van der Waals surface area contributed by atoms with Crippen molar-refractivity contribution in [2.24, 2.45) is 0 Å². The fourth-order valence-corrected chi connectivity index (χ4v) is 10.5. The summed E-state index contributed by atoms with van der Waals surface area (Å²) >= 11 is 0. The summed E-state index contributed by atoms with van der Waals surface area (Å²) in [6, 6.07) is 48.7. The maximum atomic E-state index is 6.28. The van der Waals surface area contributed by atoms with E-state index in [0.29, 0.717) is 25.9 Å². The lowest BCUT2D eigenvalue weighted by molar-refractivity contribution is 0.873. The largest absolute Gasteiger partial charge is 0.328 e. The molecule has 9 aromatic rings. The molecule has 2 heteroatoms. The average Bonchev–Trinajstić information content (AvgIpc) is 3.97. The lowest BCUT2D eigenvalue weighted by atomic mass is 9.86. The van der Waals surface area contributed by atoms with E-state index in [1.807, 2.05) is 0 Å². The van der Waals surface area contributed by atoms with E-state index < -0.39 is 0 Å². The zero-order valence-corrected chi connectivity index (χ0v) is 31.9. The third kappa shape index (κ3) is 4.56. The molecule has 0 bridgehead atoms. The molecule has 0 spiro atoms. The summed E-state index contributed by atoms with van der Waals surface area (Å²) in [6.45, 7) is 0.815. The monoisotopic (exact) mass is 736 g/mol. The Kier molecular flexibility index (Phi) is 7.54. The number of nitrogens with zero attached hydrogens (tertiary/aromatic N) is 2. The highest BCUT2D eigenvalue weighted by Crippen LogP contribution is 2.54. The first-order chi connectivity index (χ1) is 28.7. The third-order valence-corrected chi connectivity index (χ3v) is 12.7. The maximum Gasteiger partial charge on any atom is 0.0841 e. The molecule has 270 valence electrons. The zero-order valence-electron chi connectivity index (χ0n) is 31.9. The Morgan fingerprint density at radius 1 is 0.414 bits per heavy atom. The fraction of sp³-hybridized carbons (Fsp3) is 0.107. The summed E-state index contributed by atoms with van der Waals surface area (Å²) < 4.78 is 4.70. The minimum atomic E-state index is 0.104. The second kappa shape index (κ2) is 13.0. The van der Waals surface area contributed by atoms with Crippen LogP contribution in [0.4, 0.5) is 0 Å². The molecule has 2 nitrogen and oxygen atoms in total. The van der Waals surface area contributed by atoms with Gasteiger partial charge in [-0.25, -0.2) is 0 Å². The number of hydrogen-bond donors (Lipinski definition) is 0. The topological polar surface area (TPSA) is 9.86 Å². The maximum absolute atomic E-state index is 6.28. The molecule has 0 N–H and O–H groups in total. The van der Waals surface area contributed by atoms with Crippen molar-refractivity contribution in [1.29, 1.82) is 0 Å². The van der Waals surface area contributed by atoms with Gasteiger partial charge in [-0.15, -0.1) is 37.5 Å². The highest BCUT2D eigenvalue weighted by Gasteiger charge is 2.33. The quantitative estimate of drug-likeness (QED) is 0.150. The number of aromatic nitrogens is 2. The first-order valence-corrected chi connectivity index (χ1v) is 19.9. The van der Waals surface area contributed by atoms with Crippen molar-refractivity contribution in [2.75, 3.05) is 0 Å². The Bertz CT molecular complexity index is 3180. The molecule has 0 saturated heterocycles. The molecule has 0 radical (unpaired) electrons. The van der Waals surface area contributed by atoms with E-state index in [-0.39, 0.29) is 11.8 Å². The number of fused-ring (bicyclic) bond motifs is 12. The lowest BCUT2D eigenvalue weighted by Crippen LogP contribution is -2.01. The SMILES string of the molecule is C#CCC1c2ccccc2-c2ccc(-c3c4c5ccccc5n(CC#C)c4c(-c4ccc5c(c4)C(CC#C)c4ccccc4-5)c4c5ccccc5n(CC#C)c34)cc21. The predicted molar refractivity (Wildman–Crippen MR) is 242 cm³/mol. The van der Waals surface area contributed by atoms with Gasteiger partial charge in [0.2, 0.25) is 0 Å². The second-order valence-electron chi connectivity index (χ2n) is 15.5. The molecular weight excluding hydrogens is 701 g/mol. The van der Waals surface area contributed by atoms with Gasteiger partial charge in [-0.1, -0.05) is 121 Å². The van der Waals surface area contributed by atoms with Crippen molar-refractivity contribution >= 4 is 43.6 Å². The molecule has 0 saturated carbocycles. The Morgan fingerprint density at radius 2 is 0.810 bits per heavy atom. The number of rotatable bonds is 6. The van der Waals surface area contributed by atoms with E-state index in [9.17, 15) is 0 Å². The van der Waals surface area contributed by atoms with E-state index in [4.69, 9.17) is 25.7 Å². The van der Waals surface area contributed by atoms with Crippen molar-refractivity contribution in [2.45, 2.75) is 37.8 Å². The van der Waals surface area contributed by atoms with Crippen molar-refractivity contribution in [3.05, 3.63) is 156 Å². The van der Waals surface area contributed by atoms with Gasteiger partial charge < -0.3 is 9.13 Å². The van der Waals surface area contributed by atoms with Crippen LogP contribution in [0.2, 0.25) is 0 Å². The molecule has 2 aliphatic carbocycles. The van der Waals surface area contributed by atoms with Crippen LogP contribution in [0.15, 0.2) is 133 Å². The molecule has 0 aliphatic heterocycles. The second-order valence-corrected chi connectivity index (χ2v) is 15.5. The van der Waals surface area contributed by atoms with Crippen LogP contribution < -0.4 is 0 Å². The van der Waals surface area contributed by atoms with Crippen LogP contribution in [0, 0.1) is 49.4 Å². The van der Waals surface area contributed by atoms with Crippen LogP contribution in [0.3, 0.4) is 0 Å². The van der Waals surface area contributed by atoms with Gasteiger partial charge in [-0.3, -0.25) is 0 Å². The molecule has 58 heavy (non-hydrogen) atoms. The van der Waals surface area contributed by atoms with Gasteiger partial charge in [0.05, 0.1) is 35.2 Å². The minimum absolute atomic E-state index is 0.104. The average molecular weight is 737 g/mol. The molecule has 2 aromatic heterocycles. The van der Waals surface area contributed by atoms with Crippen LogP contribution in [-0.4, -0.2) is 9.13 Å². The van der Waals surface area contributed by atoms with E-state index in [1.54, 1.807) is 0 Å². The van der Waals surface area contributed by atoms with Gasteiger partial charge in [0.15, 0.2) is 0 Å². The lowest BCUT2D eigenvalue weighted by Gasteiger charge is -2.19. The van der Waals surface area contributed by atoms with E-state index in [1.165, 1.54) is 44.5 Å². The summed E-state index contributed by atoms with van der Waals surface area (Å²) in [5, 5.41) is 4.60. The van der Waals surface area contributed by atoms with Gasteiger partial charge in [0.25, 0.3) is 0 Å². The standard InChI is InChI=1S/C56H36N2/c1-5-17-37-39-19-9-11-21-41(39)43-29-27-35(33-47(37)43)51-53-45-23-13-15-25-49(45)58(32-8-4)56(53)52(54-46-24-14-16-26-50(46)57(31-7-3)55(51)54)36-28-30-44-42-22-12-10-20-40(42)38(18-6-2)48(44)34-36/h1-4,9-16,19-30,33-34,37-38H,17-18,31-32H2. The molecular formula is C56H36N2. The third-order valence-electron chi connectivity index (χ3n) is 12.7. The molecule has 11 rings (SSSR count). The van der Waals surface area contributed by atoms with Crippen LogP contribution >= 0.6 is 0 Å². The molecule has 0 fully saturated rings. The smallest absolute Gasteiger partial charge is 0.0841 e. The highest BCUT2D eigenvalue weighted by atomic mass is 15.0. The predicted octanol–water partition coefficient (Wildman–Crippen LogP) is 12.8. The fourth-order valence-electron chi connectivity index (χ4n) is 10.5. The molecule has 2 atom stereocenters. The van der Waals surface area contributed by atoms with Gasteiger partial charge >= 0.3 is 0 Å². The van der Waals surface area contributed by atoms with Crippen LogP contribution in [0.5, 0.6) is 0 Å². The normalized spacial score (nSPS) is 14.8. The van der Waals surface area contributed by atoms with Crippen LogP contribution in [0.1, 0.15) is 46.9 Å². The molecule has 0 amide bonds. The van der Waals surface area contributed by atoms with E-state index in [2.05, 4.69) is 166 Å².